The van der Waals surface area contributed by atoms with Crippen LogP contribution in [0.4, 0.5) is 0 Å². The minimum atomic E-state index is -2.21. The monoisotopic (exact) mass is 308 g/mol. The van der Waals surface area contributed by atoms with E-state index < -0.39 is 8.07 Å². The molecule has 0 aliphatic heterocycles. The SMILES string of the molecule is C[Si](C(=O)c1ccccc1)(c1ccccc1)C1CCCCC1. The summed E-state index contributed by atoms with van der Waals surface area (Å²) >= 11 is 0. The lowest BCUT2D eigenvalue weighted by atomic mass is 10.0. The number of carbonyl (C=O) groups excluding carboxylic acids is 1. The largest absolute Gasteiger partial charge is 0.300 e. The molecule has 0 amide bonds. The van der Waals surface area contributed by atoms with Crippen LogP contribution in [0.5, 0.6) is 0 Å². The highest BCUT2D eigenvalue weighted by Crippen LogP contribution is 2.38. The van der Waals surface area contributed by atoms with E-state index in [-0.39, 0.29) is 0 Å². The van der Waals surface area contributed by atoms with Gasteiger partial charge < -0.3 is 0 Å². The maximum absolute atomic E-state index is 13.4. The Hall–Kier alpha value is -1.67. The second-order valence-electron chi connectivity index (χ2n) is 6.60. The highest BCUT2D eigenvalue weighted by molar-refractivity contribution is 7.16. The van der Waals surface area contributed by atoms with Gasteiger partial charge in [0.05, 0.1) is 0 Å². The molecule has 114 valence electrons. The summed E-state index contributed by atoms with van der Waals surface area (Å²) in [7, 11) is -2.21. The van der Waals surface area contributed by atoms with Gasteiger partial charge in [-0.2, -0.15) is 0 Å². The zero-order valence-electron chi connectivity index (χ0n) is 13.3. The van der Waals surface area contributed by atoms with Gasteiger partial charge in [0, 0.05) is 5.56 Å². The normalized spacial score (nSPS) is 18.6. The number of rotatable bonds is 4. The molecular weight excluding hydrogens is 284 g/mol. The molecule has 1 fully saturated rings. The zero-order valence-corrected chi connectivity index (χ0v) is 14.3. The van der Waals surface area contributed by atoms with Crippen molar-refractivity contribution in [3.63, 3.8) is 0 Å². The molecule has 2 heteroatoms. The summed E-state index contributed by atoms with van der Waals surface area (Å²) in [4.78, 5) is 13.4. The molecule has 2 aromatic rings. The molecule has 0 spiro atoms. The highest BCUT2D eigenvalue weighted by Gasteiger charge is 2.45. The van der Waals surface area contributed by atoms with Crippen molar-refractivity contribution >= 4 is 18.7 Å². The van der Waals surface area contributed by atoms with Crippen LogP contribution in [-0.2, 0) is 0 Å². The Morgan fingerprint density at radius 2 is 1.41 bits per heavy atom. The quantitative estimate of drug-likeness (QED) is 0.746. The van der Waals surface area contributed by atoms with E-state index in [2.05, 4.69) is 30.8 Å². The Balaban J connectivity index is 2.04. The van der Waals surface area contributed by atoms with Crippen molar-refractivity contribution in [3.05, 3.63) is 66.2 Å². The maximum atomic E-state index is 13.4. The topological polar surface area (TPSA) is 17.1 Å². The van der Waals surface area contributed by atoms with Gasteiger partial charge >= 0.3 is 0 Å². The molecule has 1 saturated carbocycles. The molecule has 2 aromatic carbocycles. The van der Waals surface area contributed by atoms with Gasteiger partial charge in [-0.1, -0.05) is 105 Å². The number of hydrogen-bond acceptors (Lipinski definition) is 1. The lowest BCUT2D eigenvalue weighted by Gasteiger charge is -2.37. The van der Waals surface area contributed by atoms with E-state index in [1.165, 1.54) is 37.3 Å². The molecule has 1 aliphatic carbocycles. The lowest BCUT2D eigenvalue weighted by Crippen LogP contribution is -2.56. The Bertz CT molecular complexity index is 617. The predicted molar refractivity (Wildman–Crippen MR) is 95.3 cm³/mol. The Morgan fingerprint density at radius 3 is 2.00 bits per heavy atom. The molecule has 1 nitrogen and oxygen atoms in total. The van der Waals surface area contributed by atoms with Gasteiger partial charge in [0.1, 0.15) is 5.41 Å². The first-order valence-corrected chi connectivity index (χ1v) is 11.0. The van der Waals surface area contributed by atoms with E-state index in [1.54, 1.807) is 0 Å². The fraction of sp³-hybridized carbons (Fsp3) is 0.350. The van der Waals surface area contributed by atoms with Crippen molar-refractivity contribution in [1.29, 1.82) is 0 Å². The minimum Gasteiger partial charge on any atom is -0.300 e. The molecule has 0 heterocycles. The standard InChI is InChI=1S/C20H24OSi/c1-22(18-13-7-3-8-14-18,19-15-9-4-10-16-19)20(21)17-11-5-2-6-12-17/h2-3,5-8,11-14,19H,4,9-10,15-16H2,1H3. The van der Waals surface area contributed by atoms with Gasteiger partial charge in [-0.05, 0) is 5.54 Å². The summed E-state index contributed by atoms with van der Waals surface area (Å²) in [5.41, 5.74) is 1.47. The molecule has 3 rings (SSSR count). The van der Waals surface area contributed by atoms with Gasteiger partial charge in [-0.15, -0.1) is 0 Å². The number of carbonyl (C=O) groups is 1. The summed E-state index contributed by atoms with van der Waals surface area (Å²) in [5, 5.41) is 1.71. The van der Waals surface area contributed by atoms with Crippen LogP contribution in [0.25, 0.3) is 0 Å². The Morgan fingerprint density at radius 1 is 0.864 bits per heavy atom. The highest BCUT2D eigenvalue weighted by atomic mass is 28.3. The third-order valence-electron chi connectivity index (χ3n) is 5.30. The molecule has 0 saturated heterocycles. The van der Waals surface area contributed by atoms with E-state index in [0.29, 0.717) is 10.9 Å². The predicted octanol–water partition coefficient (Wildman–Crippen LogP) is 4.73. The summed E-state index contributed by atoms with van der Waals surface area (Å²) in [6.07, 6.45) is 6.33. The van der Waals surface area contributed by atoms with E-state index in [1.807, 2.05) is 36.4 Å². The van der Waals surface area contributed by atoms with E-state index in [9.17, 15) is 4.79 Å². The van der Waals surface area contributed by atoms with Gasteiger partial charge in [0.2, 0.25) is 0 Å². The van der Waals surface area contributed by atoms with E-state index in [4.69, 9.17) is 0 Å². The summed E-state index contributed by atoms with van der Waals surface area (Å²) < 4.78 is 0. The molecule has 0 N–H and O–H groups in total. The molecule has 0 aromatic heterocycles. The fourth-order valence-electron chi connectivity index (χ4n) is 3.91. The zero-order chi connectivity index (χ0) is 15.4. The molecular formula is C20H24OSi. The Kier molecular flexibility index (Phi) is 4.58. The van der Waals surface area contributed by atoms with Crippen LogP contribution >= 0.6 is 0 Å². The average Bonchev–Trinajstić information content (AvgIpc) is 2.62. The van der Waals surface area contributed by atoms with Crippen molar-refractivity contribution in [2.75, 3.05) is 0 Å². The van der Waals surface area contributed by atoms with Crippen molar-refractivity contribution < 1.29 is 4.79 Å². The summed E-state index contributed by atoms with van der Waals surface area (Å²) in [5.74, 6) is 0. The second kappa shape index (κ2) is 6.61. The first kappa shape index (κ1) is 15.2. The summed E-state index contributed by atoms with van der Waals surface area (Å²) in [6, 6.07) is 20.5. The van der Waals surface area contributed by atoms with Crippen LogP contribution in [0.3, 0.4) is 0 Å². The molecule has 1 unspecified atom stereocenters. The number of benzene rings is 2. The fourth-order valence-corrected chi connectivity index (χ4v) is 8.22. The number of hydrogen-bond donors (Lipinski definition) is 0. The van der Waals surface area contributed by atoms with Crippen molar-refractivity contribution in [1.82, 2.24) is 0 Å². The molecule has 0 radical (unpaired) electrons. The van der Waals surface area contributed by atoms with E-state index in [0.717, 1.165) is 5.56 Å². The third-order valence-corrected chi connectivity index (χ3v) is 10.3. The van der Waals surface area contributed by atoms with Crippen molar-refractivity contribution in [2.24, 2.45) is 0 Å². The molecule has 1 aliphatic rings. The van der Waals surface area contributed by atoms with Crippen LogP contribution in [-0.4, -0.2) is 13.5 Å². The second-order valence-corrected chi connectivity index (χ2v) is 10.9. The van der Waals surface area contributed by atoms with Crippen LogP contribution in [0.1, 0.15) is 42.5 Å². The lowest BCUT2D eigenvalue weighted by molar-refractivity contribution is 0.106. The van der Waals surface area contributed by atoms with Crippen molar-refractivity contribution in [2.45, 2.75) is 44.2 Å². The van der Waals surface area contributed by atoms with Gasteiger partial charge in [-0.25, -0.2) is 0 Å². The maximum Gasteiger partial charge on any atom is 0.169 e. The van der Waals surface area contributed by atoms with Crippen LogP contribution in [0, 0.1) is 0 Å². The summed E-state index contributed by atoms with van der Waals surface area (Å²) in [6.45, 7) is 2.30. The third kappa shape index (κ3) is 2.80. The molecule has 1 atom stereocenters. The van der Waals surface area contributed by atoms with Gasteiger partial charge in [0.15, 0.2) is 8.07 Å². The van der Waals surface area contributed by atoms with Gasteiger partial charge in [-0.3, -0.25) is 4.79 Å². The smallest absolute Gasteiger partial charge is 0.169 e. The van der Waals surface area contributed by atoms with E-state index >= 15 is 0 Å². The van der Waals surface area contributed by atoms with Crippen LogP contribution in [0.15, 0.2) is 60.7 Å². The van der Waals surface area contributed by atoms with Gasteiger partial charge in [0.25, 0.3) is 0 Å². The molecule has 0 bridgehead atoms. The average molecular weight is 308 g/mol. The minimum absolute atomic E-state index is 0.409. The van der Waals surface area contributed by atoms with Crippen molar-refractivity contribution in [3.8, 4) is 0 Å². The van der Waals surface area contributed by atoms with Crippen LogP contribution < -0.4 is 5.19 Å². The first-order valence-electron chi connectivity index (χ1n) is 8.38. The molecule has 22 heavy (non-hydrogen) atoms. The Labute approximate surface area is 134 Å². The van der Waals surface area contributed by atoms with Crippen LogP contribution in [0.2, 0.25) is 12.1 Å². The first-order chi connectivity index (χ1) is 10.7.